The van der Waals surface area contributed by atoms with Crippen molar-refractivity contribution < 1.29 is 18.3 Å². The van der Waals surface area contributed by atoms with Crippen LogP contribution in [0.3, 0.4) is 0 Å². The van der Waals surface area contributed by atoms with Crippen molar-refractivity contribution >= 4 is 36.4 Å². The van der Waals surface area contributed by atoms with E-state index >= 15 is 0 Å². The van der Waals surface area contributed by atoms with Gasteiger partial charge in [0.2, 0.25) is 0 Å². The smallest absolute Gasteiger partial charge is 0.313 e. The minimum atomic E-state index is -3.01. The zero-order valence-corrected chi connectivity index (χ0v) is 10.8. The second-order valence-electron chi connectivity index (χ2n) is 2.13. The predicted octanol–water partition coefficient (Wildman–Crippen LogP) is 2.62. The Labute approximate surface area is 90.9 Å². The van der Waals surface area contributed by atoms with Crippen molar-refractivity contribution in [2.45, 2.75) is 0 Å². The van der Waals surface area contributed by atoms with Crippen LogP contribution < -0.4 is 0 Å². The molecule has 0 rings (SSSR count). The molecule has 1 amide bonds. The first kappa shape index (κ1) is 14.2. The third-order valence-corrected chi connectivity index (χ3v) is 7.27. The predicted molar refractivity (Wildman–Crippen MR) is 57.8 cm³/mol. The van der Waals surface area contributed by atoms with Gasteiger partial charge >= 0.3 is 12.9 Å². The molecule has 9 heteroatoms. The molecule has 0 fully saturated rings. The zero-order valence-electron chi connectivity index (χ0n) is 8.26. The molecule has 0 aliphatic rings. The first-order chi connectivity index (χ1) is 6.37. The third-order valence-electron chi connectivity index (χ3n) is 1.29. The van der Waals surface area contributed by atoms with Crippen molar-refractivity contribution in [1.29, 1.82) is 0 Å². The maximum atomic E-state index is 12.2. The maximum absolute atomic E-state index is 12.2. The Morgan fingerprint density at radius 1 is 1.50 bits per heavy atom. The Balaban J connectivity index is 4.39. The van der Waals surface area contributed by atoms with E-state index in [2.05, 4.69) is 0 Å². The molecule has 0 heterocycles. The van der Waals surface area contributed by atoms with E-state index in [0.29, 0.717) is 12.1 Å². The van der Waals surface area contributed by atoms with Crippen molar-refractivity contribution in [3.8, 4) is 0 Å². The molecule has 0 spiro atoms. The summed E-state index contributed by atoms with van der Waals surface area (Å²) >= 11 is 1.71. The van der Waals surface area contributed by atoms with Crippen LogP contribution in [0.5, 0.6) is 0 Å². The summed E-state index contributed by atoms with van der Waals surface area (Å²) in [6.07, 6.45) is 0.00381. The highest BCUT2D eigenvalue weighted by Gasteiger charge is 2.29. The largest absolute Gasteiger partial charge is 0.410 e. The number of hydrogen-bond donors (Lipinski definition) is 0. The summed E-state index contributed by atoms with van der Waals surface area (Å²) in [5.74, 6) is 0. The third kappa shape index (κ3) is 3.78. The molecule has 0 saturated carbocycles. The van der Waals surface area contributed by atoms with Gasteiger partial charge in [0.15, 0.2) is 0 Å². The number of rotatable bonds is 5. The Kier molecular flexibility index (Phi) is 6.08. The number of nitrogens with zero attached hydrogens (tertiary/aromatic N) is 2. The molecule has 0 aromatic heterocycles. The van der Waals surface area contributed by atoms with Crippen molar-refractivity contribution in [2.24, 2.45) is 0 Å². The quantitative estimate of drug-likeness (QED) is 0.328. The fourth-order valence-corrected chi connectivity index (χ4v) is 4.48. The second-order valence-corrected chi connectivity index (χ2v) is 8.41. The van der Waals surface area contributed by atoms with E-state index in [1.165, 1.54) is 25.3 Å². The summed E-state index contributed by atoms with van der Waals surface area (Å²) in [4.78, 5) is 10.3. The van der Waals surface area contributed by atoms with Gasteiger partial charge in [0.05, 0.1) is 12.1 Å². The minimum absolute atomic E-state index is 0.697. The van der Waals surface area contributed by atoms with Crippen molar-refractivity contribution in [1.82, 2.24) is 8.38 Å². The maximum Gasteiger partial charge on any atom is 0.410 e. The highest BCUT2D eigenvalue weighted by atomic mass is 32.7. The van der Waals surface area contributed by atoms with E-state index in [1.54, 1.807) is 6.26 Å². The molecule has 0 saturated heterocycles. The number of amides is 1. The van der Waals surface area contributed by atoms with Crippen molar-refractivity contribution in [2.75, 3.05) is 27.5 Å². The van der Waals surface area contributed by atoms with E-state index in [1.807, 2.05) is 0 Å². The first-order valence-corrected chi connectivity index (χ1v) is 7.58. The van der Waals surface area contributed by atoms with Crippen LogP contribution in [0.2, 0.25) is 0 Å². The Hall–Kier alpha value is 0.250. The number of carbonyl (C=O) groups excluding carboxylic acids is 1. The minimum Gasteiger partial charge on any atom is -0.313 e. The van der Waals surface area contributed by atoms with Crippen molar-refractivity contribution in [3.63, 3.8) is 0 Å². The molecule has 0 radical (unpaired) electrons. The van der Waals surface area contributed by atoms with Gasteiger partial charge in [0.1, 0.15) is 0 Å². The lowest BCUT2D eigenvalue weighted by Gasteiger charge is -2.25. The monoisotopic (exact) mass is 262 g/mol. The van der Waals surface area contributed by atoms with Crippen LogP contribution in [-0.2, 0) is 9.09 Å². The van der Waals surface area contributed by atoms with Gasteiger partial charge in [-0.15, -0.1) is 4.39 Å². The molecule has 14 heavy (non-hydrogen) atoms. The zero-order chi connectivity index (χ0) is 11.4. The lowest BCUT2D eigenvalue weighted by molar-refractivity contribution is 0.209. The highest BCUT2D eigenvalue weighted by molar-refractivity contribution is 8.56. The molecule has 5 nitrogen and oxygen atoms in total. The fraction of sp³-hybridized carbons (Fsp3) is 0.800. The summed E-state index contributed by atoms with van der Waals surface area (Å²) in [6, 6.07) is 0. The molecule has 0 N–H and O–H groups in total. The lowest BCUT2D eigenvalue weighted by atomic mass is 11.2. The highest BCUT2D eigenvalue weighted by Crippen LogP contribution is 2.62. The molecule has 1 unspecified atom stereocenters. The number of carbonyl (C=O) groups is 1. The normalized spacial score (nSPS) is 15.3. The fourth-order valence-electron chi connectivity index (χ4n) is 0.559. The molecule has 84 valence electrons. The molecule has 0 bridgehead atoms. The van der Waals surface area contributed by atoms with Crippen LogP contribution in [0.1, 0.15) is 0 Å². The number of halogens is 1. The van der Waals surface area contributed by atoms with E-state index in [-0.39, 0.29) is 0 Å². The van der Waals surface area contributed by atoms with Gasteiger partial charge in [-0.1, -0.05) is 11.4 Å². The van der Waals surface area contributed by atoms with Crippen molar-refractivity contribution in [3.05, 3.63) is 0 Å². The molecular weight excluding hydrogens is 250 g/mol. The van der Waals surface area contributed by atoms with Gasteiger partial charge in [-0.3, -0.25) is 4.57 Å². The van der Waals surface area contributed by atoms with Gasteiger partial charge in [-0.25, -0.2) is 9.10 Å². The van der Waals surface area contributed by atoms with Crippen LogP contribution in [0.15, 0.2) is 0 Å². The Bertz CT molecular complexity index is 247. The van der Waals surface area contributed by atoms with E-state index in [0.717, 1.165) is 15.7 Å². The van der Waals surface area contributed by atoms with Gasteiger partial charge < -0.3 is 4.52 Å². The second kappa shape index (κ2) is 5.97. The van der Waals surface area contributed by atoms with Crippen LogP contribution in [0, 0.1) is 0 Å². The number of hydrogen-bond acceptors (Lipinski definition) is 5. The van der Waals surface area contributed by atoms with E-state index in [4.69, 9.17) is 4.52 Å². The lowest BCUT2D eigenvalue weighted by Crippen LogP contribution is -2.19. The Morgan fingerprint density at radius 2 is 2.00 bits per heavy atom. The SMILES string of the molecule is COP(=O)(SC)N(C)SN(C)C(=O)F. The van der Waals surface area contributed by atoms with E-state index in [9.17, 15) is 13.8 Å². The summed E-state index contributed by atoms with van der Waals surface area (Å²) < 4.78 is 30.7. The van der Waals surface area contributed by atoms with Crippen LogP contribution in [-0.4, -0.2) is 42.0 Å². The molecular formula is C5H12FN2O3PS2. The van der Waals surface area contributed by atoms with Gasteiger partial charge in [0.25, 0.3) is 0 Å². The first-order valence-electron chi connectivity index (χ1n) is 3.44. The topological polar surface area (TPSA) is 49.9 Å². The molecule has 0 aliphatic carbocycles. The average Bonchev–Trinajstić information content (AvgIpc) is 2.16. The van der Waals surface area contributed by atoms with Gasteiger partial charge in [0, 0.05) is 21.2 Å². The molecule has 0 aromatic rings. The average molecular weight is 262 g/mol. The van der Waals surface area contributed by atoms with Gasteiger partial charge in [-0.2, -0.15) is 4.08 Å². The molecule has 0 aromatic carbocycles. The summed E-state index contributed by atoms with van der Waals surface area (Å²) in [5, 5.41) is 0. The Morgan fingerprint density at radius 3 is 2.29 bits per heavy atom. The molecule has 0 aliphatic heterocycles. The van der Waals surface area contributed by atoms with Crippen LogP contribution in [0.25, 0.3) is 0 Å². The summed E-state index contributed by atoms with van der Waals surface area (Å²) in [5.41, 5.74) is 0. The summed E-state index contributed by atoms with van der Waals surface area (Å²) in [7, 11) is 4.00. The summed E-state index contributed by atoms with van der Waals surface area (Å²) in [6.45, 7) is -3.01. The molecule has 1 atom stereocenters. The standard InChI is InChI=1S/C5H12FN2O3PS2/c1-7(5(6)9)14-8(2)12(10,11-3)13-4/h1-4H3. The van der Waals surface area contributed by atoms with E-state index < -0.39 is 12.9 Å². The van der Waals surface area contributed by atoms with Crippen LogP contribution >= 0.6 is 30.2 Å². The van der Waals surface area contributed by atoms with Crippen LogP contribution in [0.4, 0.5) is 9.18 Å². The van der Waals surface area contributed by atoms with Gasteiger partial charge in [-0.05, 0) is 6.26 Å².